The van der Waals surface area contributed by atoms with Crippen LogP contribution in [0, 0.1) is 0 Å². The Bertz CT molecular complexity index is 406. The summed E-state index contributed by atoms with van der Waals surface area (Å²) in [6.07, 6.45) is -0.0898. The Labute approximate surface area is 84.3 Å². The van der Waals surface area contributed by atoms with Crippen LogP contribution in [0.15, 0.2) is 11.1 Å². The van der Waals surface area contributed by atoms with Gasteiger partial charge in [0.15, 0.2) is 12.5 Å². The number of nitrogens with zero attached hydrogens (tertiary/aromatic N) is 3. The fraction of sp³-hybridized carbons (Fsp3) is 0.571. The standard InChI is InChI=1S/C7H10N4O4/c8-6-9-3-11(7(13)10-6)4-2-14-5(1-12)15-4/h3-5,12H,1-2H2,(H2,8,10,13)/t4-,5-/m0/s1. The lowest BCUT2D eigenvalue weighted by Crippen LogP contribution is -2.29. The van der Waals surface area contributed by atoms with Crippen molar-refractivity contribution < 1.29 is 14.6 Å². The van der Waals surface area contributed by atoms with Gasteiger partial charge in [-0.25, -0.2) is 9.78 Å². The maximum Gasteiger partial charge on any atom is 0.354 e. The number of aliphatic hydroxyl groups excluding tert-OH is 1. The first-order valence-electron chi connectivity index (χ1n) is 4.29. The highest BCUT2D eigenvalue weighted by atomic mass is 16.7. The minimum absolute atomic E-state index is 0.0890. The molecule has 8 nitrogen and oxygen atoms in total. The average Bonchev–Trinajstić information content (AvgIpc) is 2.66. The van der Waals surface area contributed by atoms with E-state index in [1.54, 1.807) is 0 Å². The van der Waals surface area contributed by atoms with E-state index in [-0.39, 0.29) is 19.2 Å². The number of hydrogen-bond donors (Lipinski definition) is 2. The van der Waals surface area contributed by atoms with E-state index in [2.05, 4.69) is 9.97 Å². The molecule has 0 amide bonds. The third-order valence-corrected chi connectivity index (χ3v) is 1.94. The van der Waals surface area contributed by atoms with Gasteiger partial charge in [0, 0.05) is 0 Å². The lowest BCUT2D eigenvalue weighted by Gasteiger charge is -2.10. The first kappa shape index (κ1) is 10.0. The minimum Gasteiger partial charge on any atom is -0.391 e. The molecule has 15 heavy (non-hydrogen) atoms. The predicted molar refractivity (Wildman–Crippen MR) is 47.7 cm³/mol. The maximum atomic E-state index is 11.4. The molecule has 0 unspecified atom stereocenters. The zero-order valence-electron chi connectivity index (χ0n) is 7.74. The molecule has 3 N–H and O–H groups in total. The number of rotatable bonds is 2. The van der Waals surface area contributed by atoms with Gasteiger partial charge in [0.25, 0.3) is 0 Å². The summed E-state index contributed by atoms with van der Waals surface area (Å²) in [5.74, 6) is -0.0890. The van der Waals surface area contributed by atoms with Crippen molar-refractivity contribution in [2.24, 2.45) is 0 Å². The van der Waals surface area contributed by atoms with Crippen LogP contribution in [-0.2, 0) is 9.47 Å². The Morgan fingerprint density at radius 3 is 3.13 bits per heavy atom. The summed E-state index contributed by atoms with van der Waals surface area (Å²) in [5, 5.41) is 8.76. The molecule has 1 fully saturated rings. The Morgan fingerprint density at radius 2 is 2.53 bits per heavy atom. The Balaban J connectivity index is 2.20. The number of anilines is 1. The second-order valence-corrected chi connectivity index (χ2v) is 2.94. The van der Waals surface area contributed by atoms with Gasteiger partial charge in [-0.3, -0.25) is 4.57 Å². The molecule has 1 aliphatic rings. The average molecular weight is 214 g/mol. The van der Waals surface area contributed by atoms with Crippen molar-refractivity contribution in [2.45, 2.75) is 12.5 Å². The first-order valence-corrected chi connectivity index (χ1v) is 4.29. The molecule has 2 heterocycles. The number of ether oxygens (including phenoxy) is 2. The summed E-state index contributed by atoms with van der Waals surface area (Å²) in [4.78, 5) is 18.5. The normalized spacial score (nSPS) is 25.7. The molecule has 0 saturated carbocycles. The molecule has 0 bridgehead atoms. The molecule has 0 aromatic carbocycles. The van der Waals surface area contributed by atoms with Crippen molar-refractivity contribution in [3.63, 3.8) is 0 Å². The van der Waals surface area contributed by atoms with Crippen LogP contribution in [0.5, 0.6) is 0 Å². The molecular weight excluding hydrogens is 204 g/mol. The quantitative estimate of drug-likeness (QED) is 0.590. The summed E-state index contributed by atoms with van der Waals surface area (Å²) in [5.41, 5.74) is 4.67. The second-order valence-electron chi connectivity index (χ2n) is 2.94. The van der Waals surface area contributed by atoms with Gasteiger partial charge < -0.3 is 20.3 Å². The van der Waals surface area contributed by atoms with E-state index < -0.39 is 18.2 Å². The van der Waals surface area contributed by atoms with Crippen molar-refractivity contribution in [1.82, 2.24) is 14.5 Å². The van der Waals surface area contributed by atoms with Crippen molar-refractivity contribution in [2.75, 3.05) is 18.9 Å². The molecule has 0 aliphatic carbocycles. The smallest absolute Gasteiger partial charge is 0.354 e. The van der Waals surface area contributed by atoms with Crippen LogP contribution in [0.1, 0.15) is 6.23 Å². The largest absolute Gasteiger partial charge is 0.391 e. The van der Waals surface area contributed by atoms with E-state index in [1.807, 2.05) is 0 Å². The highest BCUT2D eigenvalue weighted by Crippen LogP contribution is 2.18. The molecular formula is C7H10N4O4. The van der Waals surface area contributed by atoms with Crippen LogP contribution in [-0.4, -0.2) is 39.1 Å². The maximum absolute atomic E-state index is 11.4. The van der Waals surface area contributed by atoms with E-state index in [9.17, 15) is 4.79 Å². The molecule has 1 saturated heterocycles. The minimum atomic E-state index is -0.709. The molecule has 0 spiro atoms. The monoisotopic (exact) mass is 214 g/mol. The zero-order valence-corrected chi connectivity index (χ0v) is 7.74. The van der Waals surface area contributed by atoms with Gasteiger partial charge >= 0.3 is 5.69 Å². The van der Waals surface area contributed by atoms with Crippen molar-refractivity contribution in [1.29, 1.82) is 0 Å². The van der Waals surface area contributed by atoms with Crippen LogP contribution in [0.3, 0.4) is 0 Å². The first-order chi connectivity index (χ1) is 7.20. The van der Waals surface area contributed by atoms with Gasteiger partial charge in [-0.15, -0.1) is 0 Å². The lowest BCUT2D eigenvalue weighted by molar-refractivity contribution is -0.0994. The number of nitrogen functional groups attached to an aromatic ring is 1. The molecule has 2 rings (SSSR count). The van der Waals surface area contributed by atoms with E-state index >= 15 is 0 Å². The van der Waals surface area contributed by atoms with E-state index in [1.165, 1.54) is 6.33 Å². The molecule has 1 aromatic heterocycles. The SMILES string of the molecule is Nc1ncn([C@@H]2CO[C@H](CO)O2)c(=O)n1. The summed E-state index contributed by atoms with van der Waals surface area (Å²) in [6, 6.07) is 0. The Hall–Kier alpha value is -1.51. The third-order valence-electron chi connectivity index (χ3n) is 1.94. The topological polar surface area (TPSA) is 112 Å². The van der Waals surface area contributed by atoms with Crippen LogP contribution in [0.4, 0.5) is 5.95 Å². The summed E-state index contributed by atoms with van der Waals surface area (Å²) in [7, 11) is 0. The van der Waals surface area contributed by atoms with Gasteiger partial charge in [-0.2, -0.15) is 4.98 Å². The van der Waals surface area contributed by atoms with Crippen LogP contribution in [0.25, 0.3) is 0 Å². The van der Waals surface area contributed by atoms with E-state index in [4.69, 9.17) is 20.3 Å². The number of aromatic nitrogens is 3. The van der Waals surface area contributed by atoms with Gasteiger partial charge in [0.05, 0.1) is 13.2 Å². The molecule has 8 heteroatoms. The molecule has 2 atom stereocenters. The second kappa shape index (κ2) is 3.93. The summed E-state index contributed by atoms with van der Waals surface area (Å²) >= 11 is 0. The van der Waals surface area contributed by atoms with Crippen molar-refractivity contribution >= 4 is 5.95 Å². The van der Waals surface area contributed by atoms with Crippen molar-refractivity contribution in [3.8, 4) is 0 Å². The fourth-order valence-corrected chi connectivity index (χ4v) is 1.24. The van der Waals surface area contributed by atoms with Crippen molar-refractivity contribution in [3.05, 3.63) is 16.8 Å². The molecule has 1 aliphatic heterocycles. The Morgan fingerprint density at radius 1 is 1.73 bits per heavy atom. The molecule has 82 valence electrons. The van der Waals surface area contributed by atoms with Gasteiger partial charge in [0.1, 0.15) is 6.33 Å². The number of nitrogens with two attached hydrogens (primary N) is 1. The van der Waals surface area contributed by atoms with E-state index in [0.717, 1.165) is 4.57 Å². The van der Waals surface area contributed by atoms with Gasteiger partial charge in [0.2, 0.25) is 5.95 Å². The highest BCUT2D eigenvalue weighted by molar-refractivity contribution is 5.09. The van der Waals surface area contributed by atoms with Crippen LogP contribution >= 0.6 is 0 Å². The summed E-state index contributed by atoms with van der Waals surface area (Å²) < 4.78 is 11.4. The Kier molecular flexibility index (Phi) is 2.62. The third kappa shape index (κ3) is 1.96. The number of aliphatic hydroxyl groups is 1. The van der Waals surface area contributed by atoms with Crippen LogP contribution in [0.2, 0.25) is 0 Å². The number of hydrogen-bond acceptors (Lipinski definition) is 7. The zero-order chi connectivity index (χ0) is 10.8. The predicted octanol–water partition coefficient (Wildman–Crippen LogP) is -1.92. The summed E-state index contributed by atoms with van der Waals surface area (Å²) in [6.45, 7) is -0.0977. The van der Waals surface area contributed by atoms with Gasteiger partial charge in [-0.1, -0.05) is 0 Å². The highest BCUT2D eigenvalue weighted by Gasteiger charge is 2.27. The van der Waals surface area contributed by atoms with E-state index in [0.29, 0.717) is 0 Å². The molecule has 0 radical (unpaired) electrons. The lowest BCUT2D eigenvalue weighted by atomic mass is 10.6. The van der Waals surface area contributed by atoms with Gasteiger partial charge in [-0.05, 0) is 0 Å². The molecule has 1 aromatic rings. The fourth-order valence-electron chi connectivity index (χ4n) is 1.24. The van der Waals surface area contributed by atoms with Crippen LogP contribution < -0.4 is 11.4 Å².